The van der Waals surface area contributed by atoms with Crippen molar-refractivity contribution < 1.29 is 8.42 Å². The monoisotopic (exact) mass is 308 g/mol. The zero-order valence-corrected chi connectivity index (χ0v) is 13.2. The maximum Gasteiger partial charge on any atom is 0.243 e. The Labute approximate surface area is 127 Å². The number of nitrogens with zero attached hydrogens (tertiary/aromatic N) is 1. The summed E-state index contributed by atoms with van der Waals surface area (Å²) in [5.41, 5.74) is 6.91. The van der Waals surface area contributed by atoms with Crippen LogP contribution >= 0.6 is 0 Å². The molecular weight excluding hydrogens is 284 g/mol. The van der Waals surface area contributed by atoms with E-state index in [0.29, 0.717) is 29.9 Å². The van der Waals surface area contributed by atoms with Gasteiger partial charge in [0.25, 0.3) is 0 Å². The van der Waals surface area contributed by atoms with Gasteiger partial charge < -0.3 is 5.73 Å². The lowest BCUT2D eigenvalue weighted by molar-refractivity contribution is 0.160. The van der Waals surface area contributed by atoms with Gasteiger partial charge >= 0.3 is 0 Å². The first-order chi connectivity index (χ1) is 10.1. The Morgan fingerprint density at radius 2 is 1.76 bits per heavy atom. The highest BCUT2D eigenvalue weighted by Gasteiger charge is 2.40. The Kier molecular flexibility index (Phi) is 4.08. The molecule has 116 valence electrons. The Morgan fingerprint density at radius 3 is 2.38 bits per heavy atom. The summed E-state index contributed by atoms with van der Waals surface area (Å²) < 4.78 is 27.1. The van der Waals surface area contributed by atoms with Gasteiger partial charge in [-0.15, -0.1) is 0 Å². The van der Waals surface area contributed by atoms with E-state index in [1.165, 1.54) is 25.7 Å². The second kappa shape index (κ2) is 5.71. The summed E-state index contributed by atoms with van der Waals surface area (Å²) in [6.07, 6.45) is 7.22. The Hall–Kier alpha value is -0.910. The van der Waals surface area contributed by atoms with Crippen molar-refractivity contribution >= 4 is 10.0 Å². The first-order valence-electron chi connectivity index (χ1n) is 7.85. The minimum Gasteiger partial charge on any atom is -0.326 e. The molecule has 1 aliphatic heterocycles. The molecule has 2 N–H and O–H groups in total. The van der Waals surface area contributed by atoms with Gasteiger partial charge in [-0.2, -0.15) is 4.31 Å². The van der Waals surface area contributed by atoms with Gasteiger partial charge in [0.2, 0.25) is 10.0 Å². The zero-order chi connectivity index (χ0) is 14.9. The van der Waals surface area contributed by atoms with Gasteiger partial charge in [-0.05, 0) is 48.8 Å². The highest BCUT2D eigenvalue weighted by atomic mass is 32.2. The quantitative estimate of drug-likeness (QED) is 0.933. The first kappa shape index (κ1) is 15.0. The molecule has 0 unspecified atom stereocenters. The molecule has 1 aromatic rings. The van der Waals surface area contributed by atoms with Crippen LogP contribution < -0.4 is 5.73 Å². The molecule has 1 aliphatic carbocycles. The van der Waals surface area contributed by atoms with Crippen molar-refractivity contribution in [1.29, 1.82) is 0 Å². The highest BCUT2D eigenvalue weighted by molar-refractivity contribution is 7.89. The molecule has 0 radical (unpaired) electrons. The van der Waals surface area contributed by atoms with Crippen LogP contribution in [0.3, 0.4) is 0 Å². The maximum atomic E-state index is 12.7. The second-order valence-corrected chi connectivity index (χ2v) is 8.40. The number of nitrogens with two attached hydrogens (primary N) is 1. The van der Waals surface area contributed by atoms with E-state index in [0.717, 1.165) is 18.4 Å². The Balaban J connectivity index is 1.76. The summed E-state index contributed by atoms with van der Waals surface area (Å²) >= 11 is 0. The number of rotatable bonds is 3. The highest BCUT2D eigenvalue weighted by Crippen LogP contribution is 2.46. The molecule has 0 aromatic heterocycles. The fraction of sp³-hybridized carbons (Fsp3) is 0.625. The summed E-state index contributed by atoms with van der Waals surface area (Å²) in [7, 11) is -3.36. The molecule has 1 heterocycles. The van der Waals surface area contributed by atoms with Crippen LogP contribution in [0.2, 0.25) is 0 Å². The average molecular weight is 308 g/mol. The molecule has 4 nitrogen and oxygen atoms in total. The fourth-order valence-electron chi connectivity index (χ4n) is 3.81. The molecule has 3 rings (SSSR count). The molecule has 1 saturated heterocycles. The number of hydrogen-bond donors (Lipinski definition) is 1. The summed E-state index contributed by atoms with van der Waals surface area (Å²) in [5.74, 6) is 0. The molecule has 1 aromatic carbocycles. The van der Waals surface area contributed by atoms with Crippen molar-refractivity contribution in [2.75, 3.05) is 13.1 Å². The Bertz CT molecular complexity index is 596. The third kappa shape index (κ3) is 2.87. The van der Waals surface area contributed by atoms with Crippen molar-refractivity contribution in [2.24, 2.45) is 11.1 Å². The maximum absolute atomic E-state index is 12.7. The predicted molar refractivity (Wildman–Crippen MR) is 83.2 cm³/mol. The van der Waals surface area contributed by atoms with E-state index >= 15 is 0 Å². The number of benzene rings is 1. The normalized spacial score (nSPS) is 22.7. The summed E-state index contributed by atoms with van der Waals surface area (Å²) in [5, 5.41) is 0. The van der Waals surface area contributed by atoms with Gasteiger partial charge in [-0.3, -0.25) is 0 Å². The number of sulfonamides is 1. The van der Waals surface area contributed by atoms with Crippen LogP contribution in [0, 0.1) is 5.41 Å². The third-order valence-electron chi connectivity index (χ3n) is 5.22. The predicted octanol–water partition coefficient (Wildman–Crippen LogP) is 2.49. The van der Waals surface area contributed by atoms with Gasteiger partial charge in [0.05, 0.1) is 4.90 Å². The van der Waals surface area contributed by atoms with Gasteiger partial charge in [0.1, 0.15) is 0 Å². The molecule has 2 aliphatic rings. The minimum atomic E-state index is -3.36. The third-order valence-corrected chi connectivity index (χ3v) is 7.11. The molecule has 0 bridgehead atoms. The van der Waals surface area contributed by atoms with Crippen molar-refractivity contribution in [1.82, 2.24) is 4.31 Å². The number of hydrogen-bond acceptors (Lipinski definition) is 3. The van der Waals surface area contributed by atoms with Crippen LogP contribution in [-0.4, -0.2) is 25.8 Å². The SMILES string of the molecule is NCc1cccc(S(=O)(=O)N2CCC3(CCCC3)CC2)c1. The summed E-state index contributed by atoms with van der Waals surface area (Å²) in [4.78, 5) is 0.382. The second-order valence-electron chi connectivity index (χ2n) is 6.46. The van der Waals surface area contributed by atoms with Crippen molar-refractivity contribution in [3.8, 4) is 0 Å². The van der Waals surface area contributed by atoms with Crippen LogP contribution in [0.4, 0.5) is 0 Å². The van der Waals surface area contributed by atoms with E-state index in [-0.39, 0.29) is 0 Å². The van der Waals surface area contributed by atoms with Gasteiger partial charge in [0, 0.05) is 19.6 Å². The van der Waals surface area contributed by atoms with Crippen LogP contribution in [0.25, 0.3) is 0 Å². The summed E-state index contributed by atoms with van der Waals surface area (Å²) in [6, 6.07) is 7.02. The topological polar surface area (TPSA) is 63.4 Å². The first-order valence-corrected chi connectivity index (χ1v) is 9.29. The number of piperidine rings is 1. The van der Waals surface area contributed by atoms with Gasteiger partial charge in [0.15, 0.2) is 0 Å². The molecular formula is C16H24N2O2S. The van der Waals surface area contributed by atoms with Crippen LogP contribution in [0.15, 0.2) is 29.2 Å². The van der Waals surface area contributed by atoms with Crippen LogP contribution in [0.1, 0.15) is 44.1 Å². The van der Waals surface area contributed by atoms with E-state index in [2.05, 4.69) is 0 Å². The van der Waals surface area contributed by atoms with E-state index in [1.807, 2.05) is 6.07 Å². The lowest BCUT2D eigenvalue weighted by Gasteiger charge is -2.38. The van der Waals surface area contributed by atoms with Crippen molar-refractivity contribution in [3.05, 3.63) is 29.8 Å². The fourth-order valence-corrected chi connectivity index (χ4v) is 5.32. The lowest BCUT2D eigenvalue weighted by atomic mass is 9.78. The molecule has 21 heavy (non-hydrogen) atoms. The molecule has 0 amide bonds. The Morgan fingerprint density at radius 1 is 1.10 bits per heavy atom. The van der Waals surface area contributed by atoms with E-state index in [1.54, 1.807) is 22.5 Å². The smallest absolute Gasteiger partial charge is 0.243 e. The average Bonchev–Trinajstić information content (AvgIpc) is 2.96. The van der Waals surface area contributed by atoms with E-state index in [9.17, 15) is 8.42 Å². The van der Waals surface area contributed by atoms with Crippen molar-refractivity contribution in [3.63, 3.8) is 0 Å². The summed E-state index contributed by atoms with van der Waals surface area (Å²) in [6.45, 7) is 1.69. The minimum absolute atomic E-state index is 0.368. The van der Waals surface area contributed by atoms with Crippen molar-refractivity contribution in [2.45, 2.75) is 50.0 Å². The van der Waals surface area contributed by atoms with Gasteiger partial charge in [-0.1, -0.05) is 25.0 Å². The van der Waals surface area contributed by atoms with E-state index < -0.39 is 10.0 Å². The largest absolute Gasteiger partial charge is 0.326 e. The standard InChI is InChI=1S/C16H24N2O2S/c17-13-14-4-3-5-15(12-14)21(19,20)18-10-8-16(9-11-18)6-1-2-7-16/h3-5,12H,1-2,6-11,13,17H2. The van der Waals surface area contributed by atoms with Gasteiger partial charge in [-0.25, -0.2) is 8.42 Å². The molecule has 1 saturated carbocycles. The van der Waals surface area contributed by atoms with E-state index in [4.69, 9.17) is 5.73 Å². The lowest BCUT2D eigenvalue weighted by Crippen LogP contribution is -2.42. The molecule has 1 spiro atoms. The molecule has 2 fully saturated rings. The molecule has 5 heteroatoms. The zero-order valence-electron chi connectivity index (χ0n) is 12.4. The van der Waals surface area contributed by atoms with Crippen LogP contribution in [-0.2, 0) is 16.6 Å². The molecule has 0 atom stereocenters. The van der Waals surface area contributed by atoms with Crippen LogP contribution in [0.5, 0.6) is 0 Å².